The highest BCUT2D eigenvalue weighted by atomic mass is 32.1. The lowest BCUT2D eigenvalue weighted by molar-refractivity contribution is 0.509. The minimum absolute atomic E-state index is 0.718. The van der Waals surface area contributed by atoms with Crippen LogP contribution in [0.5, 0.6) is 0 Å². The van der Waals surface area contributed by atoms with Gasteiger partial charge in [-0.3, -0.25) is 9.55 Å². The lowest BCUT2D eigenvalue weighted by Gasteiger charge is -2.18. The van der Waals surface area contributed by atoms with Gasteiger partial charge >= 0.3 is 0 Å². The van der Waals surface area contributed by atoms with E-state index in [1.54, 1.807) is 12.4 Å². The smallest absolute Gasteiger partial charge is 0.164 e. The molecule has 0 saturated heterocycles. The summed E-state index contributed by atoms with van der Waals surface area (Å²) in [4.78, 5) is 20.7. The first kappa shape index (κ1) is 14.7. The molecule has 4 aromatic heterocycles. The molecule has 0 radical (unpaired) electrons. The molecule has 0 spiro atoms. The highest BCUT2D eigenvalue weighted by Crippen LogP contribution is 2.40. The first-order valence-corrected chi connectivity index (χ1v) is 9.32. The third-order valence-corrected chi connectivity index (χ3v) is 5.95. The second-order valence-electron chi connectivity index (χ2n) is 6.61. The number of hydrogen-bond donors (Lipinski definition) is 0. The highest BCUT2D eigenvalue weighted by molar-refractivity contribution is 7.19. The van der Waals surface area contributed by atoms with E-state index in [1.807, 2.05) is 46.8 Å². The van der Waals surface area contributed by atoms with Gasteiger partial charge < -0.3 is 0 Å². The van der Waals surface area contributed by atoms with Gasteiger partial charge in [-0.2, -0.15) is 0 Å². The van der Waals surface area contributed by atoms with Crippen molar-refractivity contribution in [1.82, 2.24) is 24.5 Å². The molecule has 0 saturated carbocycles. The standard InChI is InChI=1S/C19H17N5S/c1-12-4-5-14-15(9-12)25-19-16(14)18(24-8-7-21-11-24)22-17(23-19)13-3-2-6-20-10-13/h2-3,6-8,10-12H,4-5,9H2,1H3. The third kappa shape index (κ3) is 2.44. The average Bonchev–Trinajstić information content (AvgIpc) is 3.28. The molecule has 0 fully saturated rings. The number of thiophene rings is 1. The van der Waals surface area contributed by atoms with E-state index >= 15 is 0 Å². The summed E-state index contributed by atoms with van der Waals surface area (Å²) in [5.74, 6) is 2.38. The Kier molecular flexibility index (Phi) is 3.38. The van der Waals surface area contributed by atoms with Gasteiger partial charge in [-0.05, 0) is 42.9 Å². The van der Waals surface area contributed by atoms with E-state index < -0.39 is 0 Å². The fourth-order valence-corrected chi connectivity index (χ4v) is 4.90. The van der Waals surface area contributed by atoms with Crippen LogP contribution < -0.4 is 0 Å². The van der Waals surface area contributed by atoms with Crippen LogP contribution in [0.15, 0.2) is 43.2 Å². The number of pyridine rings is 1. The van der Waals surface area contributed by atoms with Crippen molar-refractivity contribution in [3.8, 4) is 17.2 Å². The van der Waals surface area contributed by atoms with Crippen LogP contribution in [0.3, 0.4) is 0 Å². The molecule has 1 aliphatic carbocycles. The van der Waals surface area contributed by atoms with Crippen molar-refractivity contribution in [2.75, 3.05) is 0 Å². The van der Waals surface area contributed by atoms with E-state index in [4.69, 9.17) is 9.97 Å². The van der Waals surface area contributed by atoms with Crippen molar-refractivity contribution in [1.29, 1.82) is 0 Å². The average molecular weight is 347 g/mol. The number of fused-ring (bicyclic) bond motifs is 3. The van der Waals surface area contributed by atoms with Crippen molar-refractivity contribution in [3.63, 3.8) is 0 Å². The molecule has 0 aromatic carbocycles. The second kappa shape index (κ2) is 5.74. The maximum atomic E-state index is 4.89. The maximum absolute atomic E-state index is 4.89. The van der Waals surface area contributed by atoms with Crippen LogP contribution in [0.1, 0.15) is 23.8 Å². The molecule has 4 heterocycles. The lowest BCUT2D eigenvalue weighted by Crippen LogP contribution is -2.09. The van der Waals surface area contributed by atoms with E-state index in [2.05, 4.69) is 16.9 Å². The monoisotopic (exact) mass is 347 g/mol. The number of hydrogen-bond acceptors (Lipinski definition) is 5. The highest BCUT2D eigenvalue weighted by Gasteiger charge is 2.24. The first-order chi connectivity index (χ1) is 12.3. The topological polar surface area (TPSA) is 56.5 Å². The molecular weight excluding hydrogens is 330 g/mol. The van der Waals surface area contributed by atoms with Crippen LogP contribution in [0.25, 0.3) is 27.4 Å². The van der Waals surface area contributed by atoms with E-state index in [1.165, 1.54) is 22.2 Å². The van der Waals surface area contributed by atoms with Gasteiger partial charge in [-0.15, -0.1) is 11.3 Å². The quantitative estimate of drug-likeness (QED) is 0.549. The minimum atomic E-state index is 0.718. The number of imidazole rings is 1. The Morgan fingerprint density at radius 1 is 1.20 bits per heavy atom. The van der Waals surface area contributed by atoms with Crippen molar-refractivity contribution < 1.29 is 0 Å². The van der Waals surface area contributed by atoms with Crippen LogP contribution in [-0.2, 0) is 12.8 Å². The normalized spacial score (nSPS) is 16.9. The van der Waals surface area contributed by atoms with Crippen LogP contribution in [0.2, 0.25) is 0 Å². The van der Waals surface area contributed by atoms with Gasteiger partial charge in [0.15, 0.2) is 11.6 Å². The Morgan fingerprint density at radius 3 is 2.96 bits per heavy atom. The summed E-state index contributed by atoms with van der Waals surface area (Å²) < 4.78 is 1.99. The molecule has 0 amide bonds. The number of rotatable bonds is 2. The predicted octanol–water partition coefficient (Wildman–Crippen LogP) is 4.06. The van der Waals surface area contributed by atoms with E-state index in [9.17, 15) is 0 Å². The zero-order chi connectivity index (χ0) is 16.8. The summed E-state index contributed by atoms with van der Waals surface area (Å²) in [6.07, 6.45) is 12.6. The molecule has 0 aliphatic heterocycles. The van der Waals surface area contributed by atoms with E-state index in [0.29, 0.717) is 0 Å². The largest absolute Gasteiger partial charge is 0.290 e. The van der Waals surface area contributed by atoms with Gasteiger partial charge in [-0.25, -0.2) is 15.0 Å². The second-order valence-corrected chi connectivity index (χ2v) is 7.70. The number of aryl methyl sites for hydroxylation is 1. The molecule has 124 valence electrons. The molecular formula is C19H17N5S. The first-order valence-electron chi connectivity index (χ1n) is 8.50. The lowest BCUT2D eigenvalue weighted by atomic mass is 9.89. The molecule has 1 unspecified atom stereocenters. The zero-order valence-corrected chi connectivity index (χ0v) is 14.7. The molecule has 4 aromatic rings. The Morgan fingerprint density at radius 2 is 2.16 bits per heavy atom. The van der Waals surface area contributed by atoms with Gasteiger partial charge in [-0.1, -0.05) is 6.92 Å². The van der Waals surface area contributed by atoms with Gasteiger partial charge in [0, 0.05) is 35.2 Å². The van der Waals surface area contributed by atoms with Gasteiger partial charge in [0.1, 0.15) is 11.2 Å². The Hall–Kier alpha value is -2.60. The van der Waals surface area contributed by atoms with Crippen molar-refractivity contribution >= 4 is 21.6 Å². The van der Waals surface area contributed by atoms with Gasteiger partial charge in [0.25, 0.3) is 0 Å². The van der Waals surface area contributed by atoms with Gasteiger partial charge in [0.05, 0.1) is 5.39 Å². The summed E-state index contributed by atoms with van der Waals surface area (Å²) in [7, 11) is 0. The molecule has 1 atom stereocenters. The Labute approximate surface area is 149 Å². The molecule has 5 nitrogen and oxygen atoms in total. The number of aromatic nitrogens is 5. The van der Waals surface area contributed by atoms with Crippen LogP contribution >= 0.6 is 11.3 Å². The van der Waals surface area contributed by atoms with Crippen LogP contribution in [0.4, 0.5) is 0 Å². The van der Waals surface area contributed by atoms with Crippen LogP contribution in [0, 0.1) is 5.92 Å². The summed E-state index contributed by atoms with van der Waals surface area (Å²) in [5, 5.41) is 1.19. The fourth-order valence-electron chi connectivity index (χ4n) is 3.52. The van der Waals surface area contributed by atoms with Crippen molar-refractivity contribution in [2.45, 2.75) is 26.2 Å². The third-order valence-electron chi connectivity index (χ3n) is 4.80. The fraction of sp³-hybridized carbons (Fsp3) is 0.263. The molecule has 0 N–H and O–H groups in total. The molecule has 1 aliphatic rings. The zero-order valence-electron chi connectivity index (χ0n) is 13.9. The van der Waals surface area contributed by atoms with Crippen LogP contribution in [-0.4, -0.2) is 24.5 Å². The SMILES string of the molecule is CC1CCc2c(sc3nc(-c4cccnc4)nc(-n4ccnc4)c23)C1. The molecule has 0 bridgehead atoms. The summed E-state index contributed by atoms with van der Waals surface area (Å²) >= 11 is 1.82. The Bertz CT molecular complexity index is 1040. The Balaban J connectivity index is 1.81. The maximum Gasteiger partial charge on any atom is 0.164 e. The predicted molar refractivity (Wildman–Crippen MR) is 99.0 cm³/mol. The van der Waals surface area contributed by atoms with E-state index in [-0.39, 0.29) is 0 Å². The van der Waals surface area contributed by atoms with Crippen molar-refractivity contribution in [2.24, 2.45) is 5.92 Å². The minimum Gasteiger partial charge on any atom is -0.290 e. The van der Waals surface area contributed by atoms with Crippen molar-refractivity contribution in [3.05, 3.63) is 53.7 Å². The number of nitrogens with zero attached hydrogens (tertiary/aromatic N) is 5. The molecule has 6 heteroatoms. The van der Waals surface area contributed by atoms with Gasteiger partial charge in [0.2, 0.25) is 0 Å². The molecule has 5 rings (SSSR count). The summed E-state index contributed by atoms with van der Waals surface area (Å²) in [6.45, 7) is 2.33. The summed E-state index contributed by atoms with van der Waals surface area (Å²) in [6, 6.07) is 3.92. The van der Waals surface area contributed by atoms with E-state index in [0.717, 1.165) is 40.8 Å². The molecule has 25 heavy (non-hydrogen) atoms. The summed E-state index contributed by atoms with van der Waals surface area (Å²) in [5.41, 5.74) is 2.37.